The Bertz CT molecular complexity index is 916. The molecule has 1 aliphatic rings. The van der Waals surface area contributed by atoms with Gasteiger partial charge in [0.05, 0.1) is 11.7 Å². The molecule has 3 rings (SSSR count). The number of nitrogens with zero attached hydrogens (tertiary/aromatic N) is 5. The number of rotatable bonds is 5. The van der Waals surface area contributed by atoms with Crippen molar-refractivity contribution in [2.75, 3.05) is 13.6 Å². The number of carbonyl (C=O) groups is 1. The summed E-state index contributed by atoms with van der Waals surface area (Å²) in [6, 6.07) is 4.20. The van der Waals surface area contributed by atoms with Gasteiger partial charge in [-0.3, -0.25) is 9.48 Å². The number of nitriles is 1. The van der Waals surface area contributed by atoms with Crippen LogP contribution in [0.4, 0.5) is 0 Å². The number of amides is 1. The summed E-state index contributed by atoms with van der Waals surface area (Å²) < 4.78 is 3.80. The summed E-state index contributed by atoms with van der Waals surface area (Å²) in [5, 5.41) is 17.2. The van der Waals surface area contributed by atoms with Crippen LogP contribution in [0.3, 0.4) is 0 Å². The molecule has 0 aromatic carbocycles. The van der Waals surface area contributed by atoms with Crippen molar-refractivity contribution in [3.05, 3.63) is 40.0 Å². The average molecular weight is 368 g/mol. The van der Waals surface area contributed by atoms with Crippen molar-refractivity contribution in [2.24, 2.45) is 20.0 Å². The SMILES string of the molecule is Cc1nn(C)c(C)c1[C@H]1[C@H](CNCc2cc(C#N)n(C)c2C)CC(=O)N1C. The summed E-state index contributed by atoms with van der Waals surface area (Å²) in [5.74, 6) is 0.376. The molecule has 0 spiro atoms. The maximum atomic E-state index is 12.4. The first kappa shape index (κ1) is 19.2. The minimum absolute atomic E-state index is 0.0465. The molecule has 0 bridgehead atoms. The van der Waals surface area contributed by atoms with Crippen molar-refractivity contribution in [1.29, 1.82) is 5.26 Å². The fraction of sp³-hybridized carbons (Fsp3) is 0.550. The topological polar surface area (TPSA) is 78.9 Å². The molecular weight excluding hydrogens is 340 g/mol. The van der Waals surface area contributed by atoms with Gasteiger partial charge in [0.2, 0.25) is 5.91 Å². The maximum absolute atomic E-state index is 12.4. The van der Waals surface area contributed by atoms with Gasteiger partial charge >= 0.3 is 0 Å². The van der Waals surface area contributed by atoms with Crippen molar-refractivity contribution < 1.29 is 4.79 Å². The van der Waals surface area contributed by atoms with Crippen LogP contribution in [0, 0.1) is 38.0 Å². The largest absolute Gasteiger partial charge is 0.340 e. The molecule has 0 radical (unpaired) electrons. The van der Waals surface area contributed by atoms with E-state index in [0.717, 1.165) is 29.2 Å². The first-order chi connectivity index (χ1) is 12.8. The third kappa shape index (κ3) is 3.26. The number of carbonyl (C=O) groups excluding carboxylic acids is 1. The standard InChI is InChI=1S/C20H28N6O/c1-12-19(14(3)26(6)23-12)20-16(8-18(27)25(20)5)11-22-10-15-7-17(9-21)24(4)13(15)2/h7,16,20,22H,8,10-11H2,1-6H3/t16-,20+/m0/s1. The van der Waals surface area contributed by atoms with E-state index in [9.17, 15) is 10.1 Å². The van der Waals surface area contributed by atoms with Crippen molar-refractivity contribution in [3.63, 3.8) is 0 Å². The zero-order valence-electron chi connectivity index (χ0n) is 17.0. The van der Waals surface area contributed by atoms with Crippen LogP contribution in [0.15, 0.2) is 6.07 Å². The molecular formula is C20H28N6O. The number of likely N-dealkylation sites (tertiary alicyclic amines) is 1. The molecule has 2 aromatic rings. The lowest BCUT2D eigenvalue weighted by Gasteiger charge is -2.26. The highest BCUT2D eigenvalue weighted by molar-refractivity contribution is 5.79. The molecule has 1 amide bonds. The second-order valence-corrected chi connectivity index (χ2v) is 7.56. The predicted octanol–water partition coefficient (Wildman–Crippen LogP) is 1.86. The fourth-order valence-electron chi connectivity index (χ4n) is 4.22. The highest BCUT2D eigenvalue weighted by atomic mass is 16.2. The number of hydrogen-bond donors (Lipinski definition) is 1. The van der Waals surface area contributed by atoms with Crippen LogP contribution in [0.2, 0.25) is 0 Å². The summed E-state index contributed by atoms with van der Waals surface area (Å²) in [6.45, 7) is 7.53. The molecule has 1 aliphatic heterocycles. The highest BCUT2D eigenvalue weighted by Gasteiger charge is 2.40. The Labute approximate surface area is 160 Å². The van der Waals surface area contributed by atoms with Gasteiger partial charge in [-0.25, -0.2) is 0 Å². The van der Waals surface area contributed by atoms with Crippen LogP contribution in [0.25, 0.3) is 0 Å². The lowest BCUT2D eigenvalue weighted by molar-refractivity contribution is -0.127. The second-order valence-electron chi connectivity index (χ2n) is 7.56. The van der Waals surface area contributed by atoms with Crippen LogP contribution < -0.4 is 5.32 Å². The highest BCUT2D eigenvalue weighted by Crippen LogP contribution is 2.39. The summed E-state index contributed by atoms with van der Waals surface area (Å²) >= 11 is 0. The monoisotopic (exact) mass is 368 g/mol. The van der Waals surface area contributed by atoms with Crippen LogP contribution in [-0.2, 0) is 25.4 Å². The Hall–Kier alpha value is -2.59. The van der Waals surface area contributed by atoms with Crippen molar-refractivity contribution >= 4 is 5.91 Å². The van der Waals surface area contributed by atoms with Crippen molar-refractivity contribution in [3.8, 4) is 6.07 Å². The Kier molecular flexibility index (Phi) is 5.11. The normalized spacial score (nSPS) is 19.7. The molecule has 1 N–H and O–H groups in total. The molecule has 3 heterocycles. The van der Waals surface area contributed by atoms with Gasteiger partial charge in [0.1, 0.15) is 11.8 Å². The van der Waals surface area contributed by atoms with Crippen LogP contribution in [-0.4, -0.2) is 38.7 Å². The van der Waals surface area contributed by atoms with Gasteiger partial charge in [0.25, 0.3) is 0 Å². The Balaban J connectivity index is 1.76. The first-order valence-corrected chi connectivity index (χ1v) is 9.28. The van der Waals surface area contributed by atoms with E-state index in [1.54, 1.807) is 0 Å². The van der Waals surface area contributed by atoms with Crippen LogP contribution >= 0.6 is 0 Å². The summed E-state index contributed by atoms with van der Waals surface area (Å²) in [4.78, 5) is 14.3. The third-order valence-electron chi connectivity index (χ3n) is 6.03. The van der Waals surface area contributed by atoms with Crippen molar-refractivity contribution in [2.45, 2.75) is 39.8 Å². The Morgan fingerprint density at radius 1 is 1.26 bits per heavy atom. The van der Waals surface area contributed by atoms with Crippen LogP contribution in [0.5, 0.6) is 0 Å². The van der Waals surface area contributed by atoms with Gasteiger partial charge in [0, 0.05) is 63.5 Å². The molecule has 7 nitrogen and oxygen atoms in total. The minimum atomic E-state index is 0.0465. The molecule has 27 heavy (non-hydrogen) atoms. The van der Waals surface area contributed by atoms with Gasteiger partial charge < -0.3 is 14.8 Å². The van der Waals surface area contributed by atoms with Gasteiger partial charge in [-0.2, -0.15) is 10.4 Å². The molecule has 0 unspecified atom stereocenters. The number of nitrogens with one attached hydrogen (secondary N) is 1. The Morgan fingerprint density at radius 3 is 2.52 bits per heavy atom. The Morgan fingerprint density at radius 2 is 1.96 bits per heavy atom. The van der Waals surface area contributed by atoms with E-state index in [0.29, 0.717) is 18.7 Å². The van der Waals surface area contributed by atoms with Gasteiger partial charge in [-0.1, -0.05) is 0 Å². The second kappa shape index (κ2) is 7.20. The molecule has 0 aliphatic carbocycles. The van der Waals surface area contributed by atoms with Crippen molar-refractivity contribution in [1.82, 2.24) is 24.6 Å². The molecule has 2 atom stereocenters. The zero-order valence-corrected chi connectivity index (χ0v) is 17.0. The zero-order chi connectivity index (χ0) is 19.9. The van der Waals surface area contributed by atoms with E-state index in [-0.39, 0.29) is 17.9 Å². The summed E-state index contributed by atoms with van der Waals surface area (Å²) in [7, 11) is 5.74. The number of aromatic nitrogens is 3. The number of aryl methyl sites for hydroxylation is 2. The van der Waals surface area contributed by atoms with Crippen LogP contribution in [0.1, 0.15) is 46.4 Å². The van der Waals surface area contributed by atoms with E-state index >= 15 is 0 Å². The van der Waals surface area contributed by atoms with Gasteiger partial charge in [0.15, 0.2) is 0 Å². The van der Waals surface area contributed by atoms with E-state index in [1.165, 1.54) is 5.56 Å². The molecule has 1 fully saturated rings. The quantitative estimate of drug-likeness (QED) is 0.874. The average Bonchev–Trinajstić information content (AvgIpc) is 3.16. The third-order valence-corrected chi connectivity index (χ3v) is 6.03. The molecule has 0 saturated carbocycles. The molecule has 2 aromatic heterocycles. The molecule has 1 saturated heterocycles. The molecule has 7 heteroatoms. The fourth-order valence-corrected chi connectivity index (χ4v) is 4.22. The van der Waals surface area contributed by atoms with Gasteiger partial charge in [-0.05, 0) is 32.4 Å². The van der Waals surface area contributed by atoms with E-state index in [4.69, 9.17) is 0 Å². The summed E-state index contributed by atoms with van der Waals surface area (Å²) in [5.41, 5.74) is 6.15. The lowest BCUT2D eigenvalue weighted by Crippen LogP contribution is -2.30. The smallest absolute Gasteiger partial charge is 0.223 e. The van der Waals surface area contributed by atoms with E-state index in [1.807, 2.05) is 55.2 Å². The van der Waals surface area contributed by atoms with E-state index in [2.05, 4.69) is 23.4 Å². The predicted molar refractivity (Wildman–Crippen MR) is 103 cm³/mol. The van der Waals surface area contributed by atoms with E-state index < -0.39 is 0 Å². The first-order valence-electron chi connectivity index (χ1n) is 9.28. The van der Waals surface area contributed by atoms with Gasteiger partial charge in [-0.15, -0.1) is 0 Å². The summed E-state index contributed by atoms with van der Waals surface area (Å²) in [6.07, 6.45) is 0.541. The minimum Gasteiger partial charge on any atom is -0.340 e. The molecule has 144 valence electrons. The maximum Gasteiger partial charge on any atom is 0.223 e. The lowest BCUT2D eigenvalue weighted by atomic mass is 9.92. The number of hydrogen-bond acceptors (Lipinski definition) is 4.